The van der Waals surface area contributed by atoms with Crippen LogP contribution in [0.25, 0.3) is 0 Å². The quantitative estimate of drug-likeness (QED) is 0.829. The SMILES string of the molecule is CSCC(C)C(=O)NCC(C)(O)c1ccccc1. The number of hydrogen-bond donors (Lipinski definition) is 2. The number of amides is 1. The fraction of sp³-hybridized carbons (Fsp3) is 0.500. The fourth-order valence-corrected chi connectivity index (χ4v) is 2.31. The predicted molar refractivity (Wildman–Crippen MR) is 76.6 cm³/mol. The summed E-state index contributed by atoms with van der Waals surface area (Å²) in [5.41, 5.74) is -0.224. The van der Waals surface area contributed by atoms with Crippen LogP contribution in [-0.2, 0) is 10.4 Å². The first-order valence-electron chi connectivity index (χ1n) is 6.02. The van der Waals surface area contributed by atoms with E-state index >= 15 is 0 Å². The lowest BCUT2D eigenvalue weighted by molar-refractivity contribution is -0.125. The molecular weight excluding hydrogens is 246 g/mol. The maximum absolute atomic E-state index is 11.8. The zero-order chi connectivity index (χ0) is 13.6. The third-order valence-electron chi connectivity index (χ3n) is 2.87. The minimum Gasteiger partial charge on any atom is -0.384 e. The molecule has 0 saturated carbocycles. The standard InChI is InChI=1S/C14H21NO2S/c1-11(9-18-3)13(16)15-10-14(2,17)12-7-5-4-6-8-12/h4-8,11,17H,9-10H2,1-3H3,(H,15,16). The molecule has 0 aliphatic carbocycles. The molecule has 0 aliphatic rings. The predicted octanol–water partition coefficient (Wildman–Crippen LogP) is 2.01. The van der Waals surface area contributed by atoms with E-state index in [0.29, 0.717) is 0 Å². The number of aliphatic hydroxyl groups is 1. The van der Waals surface area contributed by atoms with Crippen molar-refractivity contribution in [2.24, 2.45) is 5.92 Å². The summed E-state index contributed by atoms with van der Waals surface area (Å²) in [4.78, 5) is 11.8. The van der Waals surface area contributed by atoms with Crippen molar-refractivity contribution in [2.75, 3.05) is 18.6 Å². The molecule has 1 aromatic carbocycles. The van der Waals surface area contributed by atoms with Crippen LogP contribution < -0.4 is 5.32 Å². The van der Waals surface area contributed by atoms with Crippen LogP contribution in [0.5, 0.6) is 0 Å². The van der Waals surface area contributed by atoms with Crippen molar-refractivity contribution in [3.05, 3.63) is 35.9 Å². The van der Waals surface area contributed by atoms with Crippen LogP contribution in [-0.4, -0.2) is 29.6 Å². The van der Waals surface area contributed by atoms with Crippen molar-refractivity contribution in [2.45, 2.75) is 19.4 Å². The van der Waals surface area contributed by atoms with Crippen molar-refractivity contribution in [1.29, 1.82) is 0 Å². The number of rotatable bonds is 6. The molecule has 2 N–H and O–H groups in total. The van der Waals surface area contributed by atoms with Gasteiger partial charge in [-0.2, -0.15) is 11.8 Å². The zero-order valence-electron chi connectivity index (χ0n) is 11.1. The molecule has 0 aromatic heterocycles. The lowest BCUT2D eigenvalue weighted by Crippen LogP contribution is -2.41. The summed E-state index contributed by atoms with van der Waals surface area (Å²) >= 11 is 1.64. The van der Waals surface area contributed by atoms with Gasteiger partial charge in [-0.25, -0.2) is 0 Å². The van der Waals surface area contributed by atoms with Gasteiger partial charge in [0, 0.05) is 11.7 Å². The number of carbonyl (C=O) groups is 1. The first-order chi connectivity index (χ1) is 8.47. The average Bonchev–Trinajstić information content (AvgIpc) is 2.37. The molecule has 1 rings (SSSR count). The first-order valence-corrected chi connectivity index (χ1v) is 7.41. The molecule has 0 bridgehead atoms. The Bertz CT molecular complexity index is 379. The van der Waals surface area contributed by atoms with Gasteiger partial charge in [0.05, 0.1) is 6.54 Å². The van der Waals surface area contributed by atoms with E-state index in [4.69, 9.17) is 0 Å². The van der Waals surface area contributed by atoms with Gasteiger partial charge >= 0.3 is 0 Å². The van der Waals surface area contributed by atoms with Gasteiger partial charge < -0.3 is 10.4 Å². The fourth-order valence-electron chi connectivity index (χ4n) is 1.66. The van der Waals surface area contributed by atoms with Gasteiger partial charge in [-0.05, 0) is 18.7 Å². The minimum absolute atomic E-state index is 0.0134. The summed E-state index contributed by atoms with van der Waals surface area (Å²) in [6.45, 7) is 3.83. The molecule has 0 fully saturated rings. The summed E-state index contributed by atoms with van der Waals surface area (Å²) in [7, 11) is 0. The Labute approximate surface area is 113 Å². The second-order valence-corrected chi connectivity index (χ2v) is 5.62. The van der Waals surface area contributed by atoms with E-state index in [1.165, 1.54) is 0 Å². The molecule has 100 valence electrons. The maximum Gasteiger partial charge on any atom is 0.223 e. The molecule has 0 spiro atoms. The highest BCUT2D eigenvalue weighted by atomic mass is 32.2. The van der Waals surface area contributed by atoms with Crippen molar-refractivity contribution >= 4 is 17.7 Å². The van der Waals surface area contributed by atoms with Crippen LogP contribution in [0.1, 0.15) is 19.4 Å². The van der Waals surface area contributed by atoms with Crippen LogP contribution in [0, 0.1) is 5.92 Å². The maximum atomic E-state index is 11.8. The Hall–Kier alpha value is -1.00. The lowest BCUT2D eigenvalue weighted by atomic mass is 9.96. The summed E-state index contributed by atoms with van der Waals surface area (Å²) in [5, 5.41) is 13.1. The summed E-state index contributed by atoms with van der Waals surface area (Å²) in [5.74, 6) is 0.742. The van der Waals surface area contributed by atoms with E-state index in [2.05, 4.69) is 5.32 Å². The summed E-state index contributed by atoms with van der Waals surface area (Å²) < 4.78 is 0. The van der Waals surface area contributed by atoms with E-state index in [1.54, 1.807) is 18.7 Å². The molecule has 0 saturated heterocycles. The van der Waals surface area contributed by atoms with E-state index in [9.17, 15) is 9.90 Å². The van der Waals surface area contributed by atoms with Crippen LogP contribution in [0.3, 0.4) is 0 Å². The van der Waals surface area contributed by atoms with Gasteiger partial charge in [0.1, 0.15) is 5.60 Å². The van der Waals surface area contributed by atoms with Gasteiger partial charge in [-0.1, -0.05) is 37.3 Å². The topological polar surface area (TPSA) is 49.3 Å². The number of carbonyl (C=O) groups excluding carboxylic acids is 1. The Morgan fingerprint density at radius 3 is 2.61 bits per heavy atom. The van der Waals surface area contributed by atoms with Gasteiger partial charge in [0.2, 0.25) is 5.91 Å². The van der Waals surface area contributed by atoms with Gasteiger partial charge in [-0.3, -0.25) is 4.79 Å². The van der Waals surface area contributed by atoms with E-state index < -0.39 is 5.60 Å². The highest BCUT2D eigenvalue weighted by Crippen LogP contribution is 2.19. The van der Waals surface area contributed by atoms with Gasteiger partial charge in [-0.15, -0.1) is 0 Å². The lowest BCUT2D eigenvalue weighted by Gasteiger charge is -2.25. The van der Waals surface area contributed by atoms with E-state index in [1.807, 2.05) is 43.5 Å². The molecule has 18 heavy (non-hydrogen) atoms. The molecule has 2 atom stereocenters. The normalized spacial score (nSPS) is 15.8. The van der Waals surface area contributed by atoms with Gasteiger partial charge in [0.25, 0.3) is 0 Å². The molecule has 3 nitrogen and oxygen atoms in total. The first kappa shape index (κ1) is 15.1. The molecule has 2 unspecified atom stereocenters. The number of benzene rings is 1. The number of thioether (sulfide) groups is 1. The highest BCUT2D eigenvalue weighted by Gasteiger charge is 2.24. The molecule has 0 aliphatic heterocycles. The molecule has 1 aromatic rings. The Morgan fingerprint density at radius 1 is 1.44 bits per heavy atom. The van der Waals surface area contributed by atoms with E-state index in [0.717, 1.165) is 11.3 Å². The van der Waals surface area contributed by atoms with E-state index in [-0.39, 0.29) is 18.4 Å². The van der Waals surface area contributed by atoms with Crippen molar-refractivity contribution in [1.82, 2.24) is 5.32 Å². The molecular formula is C14H21NO2S. The Balaban J connectivity index is 2.55. The van der Waals surface area contributed by atoms with Gasteiger partial charge in [0.15, 0.2) is 0 Å². The number of nitrogens with one attached hydrogen (secondary N) is 1. The smallest absolute Gasteiger partial charge is 0.223 e. The molecule has 0 radical (unpaired) electrons. The molecule has 1 amide bonds. The third kappa shape index (κ3) is 4.35. The summed E-state index contributed by atoms with van der Waals surface area (Å²) in [6, 6.07) is 9.37. The van der Waals surface area contributed by atoms with Crippen LogP contribution in [0.2, 0.25) is 0 Å². The van der Waals surface area contributed by atoms with Crippen molar-refractivity contribution in [3.8, 4) is 0 Å². The average molecular weight is 267 g/mol. The van der Waals surface area contributed by atoms with Crippen LogP contribution in [0.4, 0.5) is 0 Å². The Kier molecular flexibility index (Phi) is 5.69. The van der Waals surface area contributed by atoms with Crippen molar-refractivity contribution < 1.29 is 9.90 Å². The van der Waals surface area contributed by atoms with Crippen molar-refractivity contribution in [3.63, 3.8) is 0 Å². The largest absolute Gasteiger partial charge is 0.384 e. The van der Waals surface area contributed by atoms with Crippen LogP contribution in [0.15, 0.2) is 30.3 Å². The Morgan fingerprint density at radius 2 is 2.06 bits per heavy atom. The molecule has 0 heterocycles. The second-order valence-electron chi connectivity index (χ2n) is 4.71. The third-order valence-corrected chi connectivity index (χ3v) is 3.70. The zero-order valence-corrected chi connectivity index (χ0v) is 12.0. The second kappa shape index (κ2) is 6.81. The minimum atomic E-state index is -1.03. The summed E-state index contributed by atoms with van der Waals surface area (Å²) in [6.07, 6.45) is 1.98. The number of hydrogen-bond acceptors (Lipinski definition) is 3. The monoisotopic (exact) mass is 267 g/mol. The van der Waals surface area contributed by atoms with Crippen LogP contribution >= 0.6 is 11.8 Å². The molecule has 4 heteroatoms. The highest BCUT2D eigenvalue weighted by molar-refractivity contribution is 7.98.